The molecule has 2 atom stereocenters. The lowest BCUT2D eigenvalue weighted by molar-refractivity contribution is -0.146. The number of carbonyl (C=O) groups excluding carboxylic acids is 2. The average Bonchev–Trinajstić information content (AvgIpc) is 3.15. The summed E-state index contributed by atoms with van der Waals surface area (Å²) in [6.45, 7) is 10.1. The minimum Gasteiger partial charge on any atom is -0.497 e. The van der Waals surface area contributed by atoms with Crippen molar-refractivity contribution in [3.63, 3.8) is 0 Å². The Balaban J connectivity index is 1.74. The van der Waals surface area contributed by atoms with Crippen molar-refractivity contribution in [2.45, 2.75) is 58.7 Å². The van der Waals surface area contributed by atoms with Crippen LogP contribution in [0.4, 0.5) is 0 Å². The van der Waals surface area contributed by atoms with Crippen molar-refractivity contribution in [1.29, 1.82) is 0 Å². The maximum absolute atomic E-state index is 13.9. The number of aromatic nitrogens is 1. The maximum Gasteiger partial charge on any atom is 0.264 e. The fraction of sp³-hybridized carbons (Fsp3) is 0.429. The molecule has 2 amide bonds. The number of para-hydroxylation sites is 1. The van der Waals surface area contributed by atoms with Crippen molar-refractivity contribution < 1.29 is 19.1 Å². The van der Waals surface area contributed by atoms with Gasteiger partial charge in [-0.15, -0.1) is 0 Å². The molecule has 1 aromatic heterocycles. The zero-order chi connectivity index (χ0) is 25.3. The molecule has 7 nitrogen and oxygen atoms in total. The molecule has 0 aliphatic carbocycles. The summed E-state index contributed by atoms with van der Waals surface area (Å²) in [7, 11) is 1.64. The monoisotopic (exact) mass is 477 g/mol. The highest BCUT2D eigenvalue weighted by Crippen LogP contribution is 2.36. The summed E-state index contributed by atoms with van der Waals surface area (Å²) in [6.07, 6.45) is 1.86. The number of nitrogens with zero attached hydrogens (tertiary/aromatic N) is 1. The van der Waals surface area contributed by atoms with Crippen LogP contribution >= 0.6 is 0 Å². The van der Waals surface area contributed by atoms with Crippen LogP contribution in [0.15, 0.2) is 48.7 Å². The molecule has 4 rings (SSSR count). The Morgan fingerprint density at radius 2 is 1.94 bits per heavy atom. The van der Waals surface area contributed by atoms with Gasteiger partial charge in [0.15, 0.2) is 6.10 Å². The van der Waals surface area contributed by atoms with Gasteiger partial charge in [-0.2, -0.15) is 0 Å². The van der Waals surface area contributed by atoms with Crippen molar-refractivity contribution in [2.24, 2.45) is 5.92 Å². The second kappa shape index (κ2) is 9.64. The van der Waals surface area contributed by atoms with E-state index in [4.69, 9.17) is 9.47 Å². The molecule has 35 heavy (non-hydrogen) atoms. The minimum absolute atomic E-state index is 0.0557. The number of nitrogens with one attached hydrogen (secondary N) is 2. The molecule has 1 aliphatic rings. The molecule has 2 heterocycles. The van der Waals surface area contributed by atoms with E-state index in [0.29, 0.717) is 24.3 Å². The van der Waals surface area contributed by atoms with Gasteiger partial charge >= 0.3 is 0 Å². The fourth-order valence-corrected chi connectivity index (χ4v) is 4.57. The Bertz CT molecular complexity index is 1220. The summed E-state index contributed by atoms with van der Waals surface area (Å²) in [5.41, 5.74) is 2.31. The number of H-pyrrole nitrogens is 1. The predicted molar refractivity (Wildman–Crippen MR) is 137 cm³/mol. The van der Waals surface area contributed by atoms with Crippen LogP contribution in [0.3, 0.4) is 0 Å². The first-order valence-corrected chi connectivity index (χ1v) is 12.1. The van der Waals surface area contributed by atoms with E-state index in [0.717, 1.165) is 22.2 Å². The second-order valence-electron chi connectivity index (χ2n) is 10.5. The lowest BCUT2D eigenvalue weighted by Crippen LogP contribution is -2.51. The Morgan fingerprint density at radius 1 is 1.20 bits per heavy atom. The van der Waals surface area contributed by atoms with Crippen LogP contribution in [-0.2, 0) is 16.0 Å². The third-order valence-electron chi connectivity index (χ3n) is 6.25. The SMILES string of the molecule is COc1ccc2[nH]cc(CCN3C(=O)C(C(C)C)Oc4ccccc4C3C(=O)NC(C)(C)C)c2c1. The third-order valence-corrected chi connectivity index (χ3v) is 6.25. The van der Waals surface area contributed by atoms with Crippen LogP contribution in [-0.4, -0.2) is 47.0 Å². The van der Waals surface area contributed by atoms with Gasteiger partial charge < -0.3 is 24.7 Å². The van der Waals surface area contributed by atoms with Gasteiger partial charge in [0, 0.05) is 34.7 Å². The predicted octanol–water partition coefficient (Wildman–Crippen LogP) is 4.62. The smallest absolute Gasteiger partial charge is 0.264 e. The van der Waals surface area contributed by atoms with Crippen LogP contribution in [0.2, 0.25) is 0 Å². The van der Waals surface area contributed by atoms with Crippen LogP contribution in [0.5, 0.6) is 11.5 Å². The van der Waals surface area contributed by atoms with Gasteiger partial charge in [0.25, 0.3) is 5.91 Å². The van der Waals surface area contributed by atoms with E-state index in [1.807, 2.05) is 83.3 Å². The molecular formula is C28H35N3O4. The van der Waals surface area contributed by atoms with E-state index in [1.165, 1.54) is 0 Å². The van der Waals surface area contributed by atoms with E-state index in [1.54, 1.807) is 12.0 Å². The summed E-state index contributed by atoms with van der Waals surface area (Å²) in [4.78, 5) is 32.5. The van der Waals surface area contributed by atoms with Gasteiger partial charge in [-0.3, -0.25) is 9.59 Å². The van der Waals surface area contributed by atoms with Crippen molar-refractivity contribution in [1.82, 2.24) is 15.2 Å². The zero-order valence-electron chi connectivity index (χ0n) is 21.3. The molecule has 0 radical (unpaired) electrons. The van der Waals surface area contributed by atoms with Gasteiger partial charge in [0.1, 0.15) is 17.5 Å². The Morgan fingerprint density at radius 3 is 2.63 bits per heavy atom. The van der Waals surface area contributed by atoms with Gasteiger partial charge in [0.05, 0.1) is 7.11 Å². The summed E-state index contributed by atoms with van der Waals surface area (Å²) >= 11 is 0. The number of carbonyl (C=O) groups is 2. The molecule has 3 aromatic rings. The fourth-order valence-electron chi connectivity index (χ4n) is 4.57. The van der Waals surface area contributed by atoms with Gasteiger partial charge in [-0.25, -0.2) is 0 Å². The van der Waals surface area contributed by atoms with Gasteiger partial charge in [-0.1, -0.05) is 32.0 Å². The molecule has 1 aliphatic heterocycles. The number of fused-ring (bicyclic) bond motifs is 2. The minimum atomic E-state index is -0.790. The number of rotatable bonds is 6. The molecular weight excluding hydrogens is 442 g/mol. The maximum atomic E-state index is 13.9. The van der Waals surface area contributed by atoms with Crippen LogP contribution in [0, 0.1) is 5.92 Å². The quantitative estimate of drug-likeness (QED) is 0.543. The van der Waals surface area contributed by atoms with Crippen LogP contribution < -0.4 is 14.8 Å². The van der Waals surface area contributed by atoms with E-state index in [2.05, 4.69) is 10.3 Å². The van der Waals surface area contributed by atoms with Crippen molar-refractivity contribution in [3.05, 3.63) is 59.8 Å². The molecule has 2 aromatic carbocycles. The normalized spacial score (nSPS) is 18.3. The second-order valence-corrected chi connectivity index (χ2v) is 10.5. The lowest BCUT2D eigenvalue weighted by Gasteiger charge is -2.33. The first kappa shape index (κ1) is 24.6. The number of hydrogen-bond donors (Lipinski definition) is 2. The molecule has 0 fully saturated rings. The van der Waals surface area contributed by atoms with Crippen LogP contribution in [0.1, 0.15) is 51.8 Å². The Labute approximate surface area is 206 Å². The average molecular weight is 478 g/mol. The number of ether oxygens (including phenoxy) is 2. The standard InChI is InChI=1S/C28H35N3O4/c1-17(2)25-27(33)31(14-13-18-16-29-22-12-11-19(34-6)15-21(18)22)24(26(32)30-28(3,4)5)20-9-7-8-10-23(20)35-25/h7-12,15-17,24-25,29H,13-14H2,1-6H3,(H,30,32). The summed E-state index contributed by atoms with van der Waals surface area (Å²) < 4.78 is 11.6. The van der Waals surface area contributed by atoms with Gasteiger partial charge in [0.2, 0.25) is 5.91 Å². The topological polar surface area (TPSA) is 83.7 Å². The Hall–Kier alpha value is -3.48. The van der Waals surface area contributed by atoms with Gasteiger partial charge in [-0.05, 0) is 62.9 Å². The first-order valence-electron chi connectivity index (χ1n) is 12.1. The summed E-state index contributed by atoms with van der Waals surface area (Å²) in [5, 5.41) is 4.12. The highest BCUT2D eigenvalue weighted by molar-refractivity contribution is 5.92. The lowest BCUT2D eigenvalue weighted by atomic mass is 9.99. The number of benzene rings is 2. The number of methoxy groups -OCH3 is 1. The molecule has 0 saturated heterocycles. The summed E-state index contributed by atoms with van der Waals surface area (Å²) in [6, 6.07) is 12.6. The molecule has 186 valence electrons. The van der Waals surface area contributed by atoms with E-state index in [-0.39, 0.29) is 17.7 Å². The Kier molecular flexibility index (Phi) is 6.79. The third kappa shape index (κ3) is 5.14. The van der Waals surface area contributed by atoms with Crippen molar-refractivity contribution in [2.75, 3.05) is 13.7 Å². The molecule has 2 unspecified atom stereocenters. The van der Waals surface area contributed by atoms with Crippen molar-refractivity contribution in [3.8, 4) is 11.5 Å². The number of hydrogen-bond acceptors (Lipinski definition) is 4. The highest BCUT2D eigenvalue weighted by Gasteiger charge is 2.42. The van der Waals surface area contributed by atoms with E-state index in [9.17, 15) is 9.59 Å². The van der Waals surface area contributed by atoms with E-state index >= 15 is 0 Å². The molecule has 7 heteroatoms. The first-order chi connectivity index (χ1) is 16.6. The molecule has 0 saturated carbocycles. The molecule has 0 bridgehead atoms. The highest BCUT2D eigenvalue weighted by atomic mass is 16.5. The summed E-state index contributed by atoms with van der Waals surface area (Å²) in [5.74, 6) is 0.899. The largest absolute Gasteiger partial charge is 0.497 e. The van der Waals surface area contributed by atoms with E-state index < -0.39 is 17.7 Å². The number of amides is 2. The van der Waals surface area contributed by atoms with Crippen molar-refractivity contribution >= 4 is 22.7 Å². The van der Waals surface area contributed by atoms with Crippen LogP contribution in [0.25, 0.3) is 10.9 Å². The number of aromatic amines is 1. The zero-order valence-corrected chi connectivity index (χ0v) is 21.3. The molecule has 0 spiro atoms. The molecule has 2 N–H and O–H groups in total.